The highest BCUT2D eigenvalue weighted by Gasteiger charge is 2.31. The first kappa shape index (κ1) is 13.9. The summed E-state index contributed by atoms with van der Waals surface area (Å²) in [5.74, 6) is 2.36. The van der Waals surface area contributed by atoms with E-state index in [-0.39, 0.29) is 0 Å². The molecule has 0 aliphatic carbocycles. The van der Waals surface area contributed by atoms with Crippen LogP contribution in [0.4, 0.5) is 0 Å². The summed E-state index contributed by atoms with van der Waals surface area (Å²) >= 11 is 1.68. The first-order valence-corrected chi connectivity index (χ1v) is 8.88. The van der Waals surface area contributed by atoms with Crippen molar-refractivity contribution in [3.8, 4) is 0 Å². The van der Waals surface area contributed by atoms with E-state index in [1.807, 2.05) is 11.0 Å². The zero-order valence-corrected chi connectivity index (χ0v) is 12.0. The average molecular weight is 290 g/mol. The summed E-state index contributed by atoms with van der Waals surface area (Å²) in [6.07, 6.45) is 2.92. The topological polar surface area (TPSA) is 76.5 Å². The Morgan fingerprint density at radius 1 is 1.61 bits per heavy atom. The van der Waals surface area contributed by atoms with Crippen LogP contribution in [0, 0.1) is 0 Å². The minimum atomic E-state index is -3.06. The van der Waals surface area contributed by atoms with Gasteiger partial charge < -0.3 is 10.2 Å². The van der Waals surface area contributed by atoms with Crippen LogP contribution in [0.25, 0.3) is 0 Å². The van der Waals surface area contributed by atoms with Gasteiger partial charge in [-0.2, -0.15) is 11.8 Å². The summed E-state index contributed by atoms with van der Waals surface area (Å²) in [4.78, 5) is 1.96. The maximum atomic E-state index is 11.7. The van der Waals surface area contributed by atoms with Crippen LogP contribution in [0.3, 0.4) is 0 Å². The van der Waals surface area contributed by atoms with Crippen molar-refractivity contribution < 1.29 is 12.8 Å². The maximum Gasteiger partial charge on any atom is 0.164 e. The van der Waals surface area contributed by atoms with Crippen LogP contribution in [-0.2, 0) is 22.9 Å². The Kier molecular flexibility index (Phi) is 4.37. The highest BCUT2D eigenvalue weighted by atomic mass is 32.2. The summed E-state index contributed by atoms with van der Waals surface area (Å²) < 4.78 is 28.9. The molecule has 1 atom stereocenters. The van der Waals surface area contributed by atoms with Crippen LogP contribution in [0.15, 0.2) is 16.7 Å². The molecule has 1 aliphatic rings. The van der Waals surface area contributed by atoms with Gasteiger partial charge in [0.05, 0.1) is 12.8 Å². The molecule has 5 nitrogen and oxygen atoms in total. The fourth-order valence-corrected chi connectivity index (χ4v) is 4.95. The second-order valence-corrected chi connectivity index (χ2v) is 7.81. The number of nitrogens with zero attached hydrogens (tertiary/aromatic N) is 1. The van der Waals surface area contributed by atoms with Crippen LogP contribution < -0.4 is 5.73 Å². The third kappa shape index (κ3) is 3.28. The normalized spacial score (nSPS) is 22.2. The molecule has 0 bridgehead atoms. The van der Waals surface area contributed by atoms with Gasteiger partial charge in [-0.25, -0.2) is 8.42 Å². The van der Waals surface area contributed by atoms with Gasteiger partial charge >= 0.3 is 0 Å². The molecule has 102 valence electrons. The molecule has 1 fully saturated rings. The molecule has 0 spiro atoms. The van der Waals surface area contributed by atoms with E-state index in [0.29, 0.717) is 18.8 Å². The van der Waals surface area contributed by atoms with Crippen LogP contribution in [-0.4, -0.2) is 43.0 Å². The summed E-state index contributed by atoms with van der Waals surface area (Å²) in [5, 5.41) is -0.414. The molecule has 0 aromatic carbocycles. The molecule has 1 unspecified atom stereocenters. The molecule has 2 rings (SSSR count). The van der Waals surface area contributed by atoms with Crippen molar-refractivity contribution in [2.45, 2.75) is 18.5 Å². The predicted molar refractivity (Wildman–Crippen MR) is 73.0 cm³/mol. The highest BCUT2D eigenvalue weighted by molar-refractivity contribution is 8.00. The number of thioether (sulfide) groups is 1. The lowest BCUT2D eigenvalue weighted by Crippen LogP contribution is -2.46. The van der Waals surface area contributed by atoms with E-state index in [9.17, 15) is 8.42 Å². The Hall–Kier alpha value is -0.500. The Morgan fingerprint density at radius 2 is 2.39 bits per heavy atom. The predicted octanol–water partition coefficient (Wildman–Crippen LogP) is 0.658. The Balaban J connectivity index is 2.10. The molecule has 1 aliphatic heterocycles. The van der Waals surface area contributed by atoms with Gasteiger partial charge in [0.1, 0.15) is 11.1 Å². The fourth-order valence-electron chi connectivity index (χ4n) is 2.01. The first-order chi connectivity index (χ1) is 8.50. The zero-order valence-electron chi connectivity index (χ0n) is 10.3. The Morgan fingerprint density at radius 3 is 3.00 bits per heavy atom. The van der Waals surface area contributed by atoms with Crippen molar-refractivity contribution >= 4 is 21.6 Å². The van der Waals surface area contributed by atoms with E-state index in [2.05, 4.69) is 0 Å². The Bertz CT molecular complexity index is 498. The summed E-state index contributed by atoms with van der Waals surface area (Å²) in [7, 11) is -3.06. The van der Waals surface area contributed by atoms with E-state index in [4.69, 9.17) is 10.2 Å². The van der Waals surface area contributed by atoms with Crippen molar-refractivity contribution in [2.24, 2.45) is 5.73 Å². The number of furan rings is 1. The van der Waals surface area contributed by atoms with Crippen LogP contribution >= 0.6 is 11.8 Å². The standard InChI is InChI=1S/C11H18N2O3S2/c1-18(14,15)11-8-17-3-2-13(11)6-10-4-9(5-12)7-16-10/h4,7,11H,2-3,5-6,8,12H2,1H3. The molecule has 2 N–H and O–H groups in total. The van der Waals surface area contributed by atoms with Gasteiger partial charge in [0.25, 0.3) is 0 Å². The molecule has 1 aromatic heterocycles. The lowest BCUT2D eigenvalue weighted by Gasteiger charge is -2.33. The smallest absolute Gasteiger partial charge is 0.164 e. The fraction of sp³-hybridized carbons (Fsp3) is 0.636. The third-order valence-corrected chi connectivity index (χ3v) is 5.67. The first-order valence-electron chi connectivity index (χ1n) is 5.77. The van der Waals surface area contributed by atoms with Crippen molar-refractivity contribution in [2.75, 3.05) is 24.3 Å². The lowest BCUT2D eigenvalue weighted by atomic mass is 10.3. The molecule has 1 saturated heterocycles. The minimum absolute atomic E-state index is 0.414. The van der Waals surface area contributed by atoms with E-state index >= 15 is 0 Å². The van der Waals surface area contributed by atoms with Crippen molar-refractivity contribution in [1.82, 2.24) is 4.90 Å². The molecular weight excluding hydrogens is 272 g/mol. The summed E-state index contributed by atoms with van der Waals surface area (Å²) in [6.45, 7) is 1.73. The molecule has 18 heavy (non-hydrogen) atoms. The van der Waals surface area contributed by atoms with Gasteiger partial charge in [0, 0.05) is 36.4 Å². The lowest BCUT2D eigenvalue weighted by molar-refractivity contribution is 0.240. The SMILES string of the molecule is CS(=O)(=O)C1CSCCN1Cc1cc(CN)co1. The highest BCUT2D eigenvalue weighted by Crippen LogP contribution is 2.22. The molecule has 0 amide bonds. The second kappa shape index (κ2) is 5.64. The number of hydrogen-bond donors (Lipinski definition) is 1. The maximum absolute atomic E-state index is 11.7. The second-order valence-electron chi connectivity index (χ2n) is 4.45. The van der Waals surface area contributed by atoms with Gasteiger partial charge in [0.15, 0.2) is 9.84 Å². The number of rotatable bonds is 4. The van der Waals surface area contributed by atoms with Crippen molar-refractivity contribution in [1.29, 1.82) is 0 Å². The van der Waals surface area contributed by atoms with E-state index in [0.717, 1.165) is 23.6 Å². The monoisotopic (exact) mass is 290 g/mol. The van der Waals surface area contributed by atoms with Gasteiger partial charge in [-0.05, 0) is 6.07 Å². The van der Waals surface area contributed by atoms with E-state index < -0.39 is 15.2 Å². The summed E-state index contributed by atoms with van der Waals surface area (Å²) in [6, 6.07) is 1.89. The third-order valence-electron chi connectivity index (χ3n) is 2.99. The van der Waals surface area contributed by atoms with Crippen LogP contribution in [0.5, 0.6) is 0 Å². The van der Waals surface area contributed by atoms with Gasteiger partial charge in [-0.15, -0.1) is 0 Å². The number of sulfone groups is 1. The Labute approximate surface area is 112 Å². The van der Waals surface area contributed by atoms with Gasteiger partial charge in [0.2, 0.25) is 0 Å². The molecular formula is C11H18N2O3S2. The average Bonchev–Trinajstić information content (AvgIpc) is 2.76. The van der Waals surface area contributed by atoms with Gasteiger partial charge in [-0.1, -0.05) is 0 Å². The minimum Gasteiger partial charge on any atom is -0.468 e. The van der Waals surface area contributed by atoms with Crippen LogP contribution in [0.1, 0.15) is 11.3 Å². The molecule has 1 aromatic rings. The zero-order chi connectivity index (χ0) is 13.2. The number of nitrogens with two attached hydrogens (primary N) is 1. The number of hydrogen-bond acceptors (Lipinski definition) is 6. The van der Waals surface area contributed by atoms with Crippen molar-refractivity contribution in [3.05, 3.63) is 23.7 Å². The molecule has 7 heteroatoms. The van der Waals surface area contributed by atoms with Crippen LogP contribution in [0.2, 0.25) is 0 Å². The van der Waals surface area contributed by atoms with E-state index in [1.54, 1.807) is 18.0 Å². The summed E-state index contributed by atoms with van der Waals surface area (Å²) in [5.41, 5.74) is 6.46. The molecule has 0 radical (unpaired) electrons. The molecule has 2 heterocycles. The van der Waals surface area contributed by atoms with E-state index in [1.165, 1.54) is 6.26 Å². The van der Waals surface area contributed by atoms with Crippen molar-refractivity contribution in [3.63, 3.8) is 0 Å². The quantitative estimate of drug-likeness (QED) is 0.878. The van der Waals surface area contributed by atoms with Gasteiger partial charge in [-0.3, -0.25) is 4.90 Å². The largest absolute Gasteiger partial charge is 0.468 e. The molecule has 0 saturated carbocycles.